The Kier molecular flexibility index (Phi) is 2.83. The van der Waals surface area contributed by atoms with Gasteiger partial charge in [-0.3, -0.25) is 0 Å². The molecule has 0 amide bonds. The number of unbranched alkanes of at least 4 members (excludes halogenated alkanes) is 2. The Morgan fingerprint density at radius 2 is 1.93 bits per heavy atom. The molecule has 1 unspecified atom stereocenters. The maximum absolute atomic E-state index is 10.2. The van der Waals surface area contributed by atoms with Gasteiger partial charge in [0.1, 0.15) is 5.60 Å². The molecule has 2 saturated carbocycles. The van der Waals surface area contributed by atoms with Crippen molar-refractivity contribution < 1.29 is 5.11 Å². The van der Waals surface area contributed by atoms with E-state index < -0.39 is 5.60 Å². The minimum atomic E-state index is -0.565. The van der Waals surface area contributed by atoms with Gasteiger partial charge in [0.15, 0.2) is 0 Å². The SMILES string of the molecule is CCCCC#CC1(O)[C@@H]2CCCC[C@@H]21. The van der Waals surface area contributed by atoms with Crippen LogP contribution < -0.4 is 0 Å². The normalized spacial score (nSPS) is 39.6. The third-order valence-corrected chi connectivity index (χ3v) is 3.73. The fourth-order valence-electron chi connectivity index (χ4n) is 2.75. The third-order valence-electron chi connectivity index (χ3n) is 3.73. The van der Waals surface area contributed by atoms with Crippen LogP contribution in [0.3, 0.4) is 0 Å². The van der Waals surface area contributed by atoms with E-state index in [0.29, 0.717) is 11.8 Å². The summed E-state index contributed by atoms with van der Waals surface area (Å²) < 4.78 is 0. The molecule has 2 aliphatic rings. The molecular weight excluding hydrogens is 172 g/mol. The van der Waals surface area contributed by atoms with E-state index in [2.05, 4.69) is 18.8 Å². The standard InChI is InChI=1S/C13H20O/c1-2-3-4-7-10-13(14)11-8-5-6-9-12(11)13/h11-12,14H,2-6,8-9H2,1H3/t11-,12+,13?. The number of aliphatic hydroxyl groups is 1. The van der Waals surface area contributed by atoms with Gasteiger partial charge in [-0.25, -0.2) is 0 Å². The third kappa shape index (κ3) is 1.68. The molecule has 2 rings (SSSR count). The first kappa shape index (κ1) is 10.1. The molecule has 0 radical (unpaired) electrons. The predicted molar refractivity (Wildman–Crippen MR) is 57.7 cm³/mol. The summed E-state index contributed by atoms with van der Waals surface area (Å²) in [5, 5.41) is 10.2. The minimum absolute atomic E-state index is 0.519. The molecule has 2 aliphatic carbocycles. The number of fused-ring (bicyclic) bond motifs is 1. The molecule has 0 aliphatic heterocycles. The topological polar surface area (TPSA) is 20.2 Å². The fourth-order valence-corrected chi connectivity index (χ4v) is 2.75. The summed E-state index contributed by atoms with van der Waals surface area (Å²) in [5.41, 5.74) is -0.565. The Hall–Kier alpha value is -0.480. The van der Waals surface area contributed by atoms with Gasteiger partial charge < -0.3 is 5.11 Å². The van der Waals surface area contributed by atoms with E-state index >= 15 is 0 Å². The molecule has 14 heavy (non-hydrogen) atoms. The van der Waals surface area contributed by atoms with Crippen LogP contribution in [0, 0.1) is 23.7 Å². The van der Waals surface area contributed by atoms with Gasteiger partial charge in [-0.15, -0.1) is 5.92 Å². The second-order valence-corrected chi connectivity index (χ2v) is 4.73. The molecule has 0 aromatic rings. The van der Waals surface area contributed by atoms with Crippen LogP contribution in [0.4, 0.5) is 0 Å². The lowest BCUT2D eigenvalue weighted by atomic mass is 10.0. The molecule has 2 fully saturated rings. The largest absolute Gasteiger partial charge is 0.377 e. The van der Waals surface area contributed by atoms with Crippen LogP contribution in [0.5, 0.6) is 0 Å². The van der Waals surface area contributed by atoms with Gasteiger partial charge >= 0.3 is 0 Å². The molecule has 78 valence electrons. The van der Waals surface area contributed by atoms with E-state index in [4.69, 9.17) is 0 Å². The van der Waals surface area contributed by atoms with Crippen molar-refractivity contribution in [2.24, 2.45) is 11.8 Å². The smallest absolute Gasteiger partial charge is 0.131 e. The van der Waals surface area contributed by atoms with Crippen LogP contribution in [0.1, 0.15) is 51.9 Å². The van der Waals surface area contributed by atoms with E-state index in [0.717, 1.165) is 6.42 Å². The first-order valence-electron chi connectivity index (χ1n) is 6.01. The predicted octanol–water partition coefficient (Wildman–Crippen LogP) is 2.73. The first-order chi connectivity index (χ1) is 6.79. The van der Waals surface area contributed by atoms with Crippen molar-refractivity contribution in [2.75, 3.05) is 0 Å². The highest BCUT2D eigenvalue weighted by Crippen LogP contribution is 2.58. The number of hydrogen-bond donors (Lipinski definition) is 1. The van der Waals surface area contributed by atoms with Crippen LogP contribution in [-0.4, -0.2) is 10.7 Å². The second-order valence-electron chi connectivity index (χ2n) is 4.73. The molecule has 0 aromatic heterocycles. The highest BCUT2D eigenvalue weighted by molar-refractivity contribution is 5.30. The number of hydrogen-bond acceptors (Lipinski definition) is 1. The first-order valence-corrected chi connectivity index (χ1v) is 6.01. The van der Waals surface area contributed by atoms with Crippen LogP contribution >= 0.6 is 0 Å². The quantitative estimate of drug-likeness (QED) is 0.527. The Balaban J connectivity index is 1.87. The molecule has 1 N–H and O–H groups in total. The Morgan fingerprint density at radius 3 is 2.50 bits per heavy atom. The maximum Gasteiger partial charge on any atom is 0.131 e. The summed E-state index contributed by atoms with van der Waals surface area (Å²) in [7, 11) is 0. The van der Waals surface area contributed by atoms with E-state index in [-0.39, 0.29) is 0 Å². The van der Waals surface area contributed by atoms with Crippen LogP contribution in [-0.2, 0) is 0 Å². The Bertz CT molecular complexity index is 246. The lowest BCUT2D eigenvalue weighted by Crippen LogP contribution is -2.08. The average Bonchev–Trinajstić information content (AvgIpc) is 2.81. The van der Waals surface area contributed by atoms with Crippen molar-refractivity contribution in [3.05, 3.63) is 0 Å². The van der Waals surface area contributed by atoms with Gasteiger partial charge in [0.25, 0.3) is 0 Å². The molecule has 0 spiro atoms. The van der Waals surface area contributed by atoms with Crippen molar-refractivity contribution in [2.45, 2.75) is 57.5 Å². The molecule has 1 heteroatoms. The highest BCUT2D eigenvalue weighted by atomic mass is 16.3. The van der Waals surface area contributed by atoms with Crippen LogP contribution in [0.2, 0.25) is 0 Å². The van der Waals surface area contributed by atoms with Crippen molar-refractivity contribution in [3.8, 4) is 11.8 Å². The Morgan fingerprint density at radius 1 is 1.29 bits per heavy atom. The van der Waals surface area contributed by atoms with Gasteiger partial charge in [-0.05, 0) is 19.3 Å². The monoisotopic (exact) mass is 192 g/mol. The van der Waals surface area contributed by atoms with Gasteiger partial charge in [0.05, 0.1) is 0 Å². The van der Waals surface area contributed by atoms with Crippen molar-refractivity contribution >= 4 is 0 Å². The highest BCUT2D eigenvalue weighted by Gasteiger charge is 2.63. The van der Waals surface area contributed by atoms with E-state index in [9.17, 15) is 5.11 Å². The van der Waals surface area contributed by atoms with Crippen LogP contribution in [0.25, 0.3) is 0 Å². The zero-order valence-corrected chi connectivity index (χ0v) is 9.05. The van der Waals surface area contributed by atoms with Gasteiger partial charge in [-0.1, -0.05) is 32.1 Å². The van der Waals surface area contributed by atoms with E-state index in [1.165, 1.54) is 38.5 Å². The van der Waals surface area contributed by atoms with Crippen molar-refractivity contribution in [1.82, 2.24) is 0 Å². The second kappa shape index (κ2) is 3.95. The molecule has 0 heterocycles. The Labute approximate surface area is 86.9 Å². The zero-order chi connectivity index (χ0) is 10.0. The molecular formula is C13H20O. The maximum atomic E-state index is 10.2. The molecule has 1 nitrogen and oxygen atoms in total. The molecule has 0 aromatic carbocycles. The van der Waals surface area contributed by atoms with Crippen molar-refractivity contribution in [3.63, 3.8) is 0 Å². The van der Waals surface area contributed by atoms with E-state index in [1.807, 2.05) is 0 Å². The summed E-state index contributed by atoms with van der Waals surface area (Å²) in [5.74, 6) is 7.30. The average molecular weight is 192 g/mol. The lowest BCUT2D eigenvalue weighted by molar-refractivity contribution is 0.179. The zero-order valence-electron chi connectivity index (χ0n) is 9.05. The number of rotatable bonds is 2. The fraction of sp³-hybridized carbons (Fsp3) is 0.846. The summed E-state index contributed by atoms with van der Waals surface area (Å²) in [4.78, 5) is 0. The summed E-state index contributed by atoms with van der Waals surface area (Å²) in [6.45, 7) is 2.17. The summed E-state index contributed by atoms with van der Waals surface area (Å²) in [6.07, 6.45) is 8.30. The summed E-state index contributed by atoms with van der Waals surface area (Å²) >= 11 is 0. The molecule has 0 bridgehead atoms. The van der Waals surface area contributed by atoms with Gasteiger partial charge in [-0.2, -0.15) is 0 Å². The van der Waals surface area contributed by atoms with Crippen LogP contribution in [0.15, 0.2) is 0 Å². The lowest BCUT2D eigenvalue weighted by Gasteiger charge is -2.03. The molecule has 3 atom stereocenters. The van der Waals surface area contributed by atoms with Gasteiger partial charge in [0.2, 0.25) is 0 Å². The minimum Gasteiger partial charge on any atom is -0.377 e. The molecule has 0 saturated heterocycles. The van der Waals surface area contributed by atoms with Gasteiger partial charge in [0, 0.05) is 18.3 Å². The van der Waals surface area contributed by atoms with E-state index in [1.54, 1.807) is 0 Å². The van der Waals surface area contributed by atoms with Crippen molar-refractivity contribution in [1.29, 1.82) is 0 Å². The summed E-state index contributed by atoms with van der Waals surface area (Å²) in [6, 6.07) is 0.